The molecule has 1 aliphatic heterocycles. The summed E-state index contributed by atoms with van der Waals surface area (Å²) < 4.78 is 10.6. The summed E-state index contributed by atoms with van der Waals surface area (Å²) in [5, 5.41) is 2.91. The van der Waals surface area contributed by atoms with Gasteiger partial charge >= 0.3 is 6.09 Å². The van der Waals surface area contributed by atoms with Crippen molar-refractivity contribution in [2.45, 2.75) is 45.4 Å². The van der Waals surface area contributed by atoms with Crippen LogP contribution in [0.3, 0.4) is 0 Å². The van der Waals surface area contributed by atoms with Crippen molar-refractivity contribution in [2.24, 2.45) is 0 Å². The molecule has 5 nitrogen and oxygen atoms in total. The van der Waals surface area contributed by atoms with Crippen LogP contribution in [0.25, 0.3) is 0 Å². The van der Waals surface area contributed by atoms with Crippen LogP contribution in [0.15, 0.2) is 22.8 Å². The number of carbonyl (C=O) groups excluding carboxylic acids is 1. The van der Waals surface area contributed by atoms with E-state index in [1.165, 1.54) is 0 Å². The summed E-state index contributed by atoms with van der Waals surface area (Å²) in [5.41, 5.74) is -0.448. The first kappa shape index (κ1) is 13.9. The fraction of sp³-hybridized carbons (Fsp3) is 0.643. The first-order valence-electron chi connectivity index (χ1n) is 6.66. The molecule has 0 spiro atoms. The van der Waals surface area contributed by atoms with Crippen LogP contribution in [0.2, 0.25) is 0 Å². The second kappa shape index (κ2) is 5.65. The Morgan fingerprint density at radius 2 is 2.37 bits per heavy atom. The van der Waals surface area contributed by atoms with Crippen LogP contribution in [0.5, 0.6) is 0 Å². The normalized spacial score (nSPS) is 20.5. The Labute approximate surface area is 113 Å². The Kier molecular flexibility index (Phi) is 4.14. The molecule has 0 bridgehead atoms. The van der Waals surface area contributed by atoms with Crippen LogP contribution in [0.4, 0.5) is 4.79 Å². The van der Waals surface area contributed by atoms with Gasteiger partial charge in [-0.2, -0.15) is 0 Å². The quantitative estimate of drug-likeness (QED) is 0.912. The highest BCUT2D eigenvalue weighted by atomic mass is 16.6. The van der Waals surface area contributed by atoms with Gasteiger partial charge < -0.3 is 14.5 Å². The third kappa shape index (κ3) is 4.59. The summed E-state index contributed by atoms with van der Waals surface area (Å²) in [4.78, 5) is 13.9. The lowest BCUT2D eigenvalue weighted by Crippen LogP contribution is -2.40. The number of ether oxygens (including phenoxy) is 1. The number of rotatable bonds is 3. The van der Waals surface area contributed by atoms with E-state index in [-0.39, 0.29) is 12.1 Å². The molecule has 0 radical (unpaired) electrons. The maximum absolute atomic E-state index is 11.7. The highest BCUT2D eigenvalue weighted by Crippen LogP contribution is 2.14. The molecule has 2 rings (SSSR count). The molecule has 1 amide bonds. The number of hydrogen-bond donors (Lipinski definition) is 1. The number of nitrogens with one attached hydrogen (secondary N) is 1. The molecule has 1 aromatic rings. The minimum absolute atomic E-state index is 0.157. The van der Waals surface area contributed by atoms with Crippen LogP contribution >= 0.6 is 0 Å². The monoisotopic (exact) mass is 266 g/mol. The predicted molar refractivity (Wildman–Crippen MR) is 71.8 cm³/mol. The third-order valence-electron chi connectivity index (χ3n) is 2.95. The summed E-state index contributed by atoms with van der Waals surface area (Å²) in [6, 6.07) is 4.01. The molecule has 0 unspecified atom stereocenters. The zero-order chi connectivity index (χ0) is 13.9. The summed E-state index contributed by atoms with van der Waals surface area (Å²) in [6.07, 6.45) is 2.29. The topological polar surface area (TPSA) is 54.7 Å². The molecule has 19 heavy (non-hydrogen) atoms. The molecule has 1 aliphatic rings. The molecule has 5 heteroatoms. The minimum atomic E-state index is -0.448. The zero-order valence-electron chi connectivity index (χ0n) is 11.8. The molecule has 1 N–H and O–H groups in total. The number of furan rings is 1. The molecule has 0 saturated carbocycles. The van der Waals surface area contributed by atoms with Crippen LogP contribution in [-0.2, 0) is 11.3 Å². The average Bonchev–Trinajstić information content (AvgIpc) is 2.88. The van der Waals surface area contributed by atoms with Crippen molar-refractivity contribution in [3.63, 3.8) is 0 Å². The number of carbonyl (C=O) groups is 1. The van der Waals surface area contributed by atoms with Crippen LogP contribution in [0.1, 0.15) is 33.0 Å². The molecule has 2 heterocycles. The second-order valence-corrected chi connectivity index (χ2v) is 5.95. The number of nitrogens with zero attached hydrogens (tertiary/aromatic N) is 1. The fourth-order valence-electron chi connectivity index (χ4n) is 2.19. The van der Waals surface area contributed by atoms with Crippen molar-refractivity contribution in [3.8, 4) is 0 Å². The molecular weight excluding hydrogens is 244 g/mol. The van der Waals surface area contributed by atoms with E-state index in [0.29, 0.717) is 0 Å². The first-order chi connectivity index (χ1) is 8.92. The van der Waals surface area contributed by atoms with Gasteiger partial charge in [-0.25, -0.2) is 4.79 Å². The van der Waals surface area contributed by atoms with E-state index in [0.717, 1.165) is 31.8 Å². The second-order valence-electron chi connectivity index (χ2n) is 5.95. The molecule has 0 aromatic carbocycles. The SMILES string of the molecule is CC(C)(C)OC(=O)N[C@@H]1CCN(Cc2ccco2)C1. The van der Waals surface area contributed by atoms with E-state index in [2.05, 4.69) is 10.2 Å². The van der Waals surface area contributed by atoms with Crippen molar-refractivity contribution in [3.05, 3.63) is 24.2 Å². The molecule has 1 fully saturated rings. The maximum atomic E-state index is 11.7. The van der Waals surface area contributed by atoms with Gasteiger partial charge in [0.05, 0.1) is 12.8 Å². The lowest BCUT2D eigenvalue weighted by molar-refractivity contribution is 0.0505. The highest BCUT2D eigenvalue weighted by molar-refractivity contribution is 5.68. The number of likely N-dealkylation sites (tertiary alicyclic amines) is 1. The fourth-order valence-corrected chi connectivity index (χ4v) is 2.19. The predicted octanol–water partition coefficient (Wildman–Crippen LogP) is 2.38. The molecule has 1 saturated heterocycles. The van der Waals surface area contributed by atoms with Crippen molar-refractivity contribution in [1.29, 1.82) is 0 Å². The summed E-state index contributed by atoms with van der Waals surface area (Å²) >= 11 is 0. The van der Waals surface area contributed by atoms with Crippen molar-refractivity contribution in [1.82, 2.24) is 10.2 Å². The molecule has 1 atom stereocenters. The largest absolute Gasteiger partial charge is 0.468 e. The van der Waals surface area contributed by atoms with Gasteiger partial charge in [0.15, 0.2) is 0 Å². The van der Waals surface area contributed by atoms with E-state index in [1.807, 2.05) is 32.9 Å². The summed E-state index contributed by atoms with van der Waals surface area (Å²) in [7, 11) is 0. The summed E-state index contributed by atoms with van der Waals surface area (Å²) in [6.45, 7) is 8.18. The smallest absolute Gasteiger partial charge is 0.407 e. The Morgan fingerprint density at radius 3 is 3.00 bits per heavy atom. The van der Waals surface area contributed by atoms with E-state index >= 15 is 0 Å². The van der Waals surface area contributed by atoms with E-state index in [9.17, 15) is 4.79 Å². The molecule has 1 aromatic heterocycles. The maximum Gasteiger partial charge on any atom is 0.407 e. The average molecular weight is 266 g/mol. The van der Waals surface area contributed by atoms with Gasteiger partial charge in [-0.15, -0.1) is 0 Å². The van der Waals surface area contributed by atoms with Gasteiger partial charge in [0.2, 0.25) is 0 Å². The Morgan fingerprint density at radius 1 is 1.58 bits per heavy atom. The number of amides is 1. The molecular formula is C14H22N2O3. The van der Waals surface area contributed by atoms with E-state index in [4.69, 9.17) is 9.15 Å². The van der Waals surface area contributed by atoms with Crippen molar-refractivity contribution < 1.29 is 13.9 Å². The minimum Gasteiger partial charge on any atom is -0.468 e. The van der Waals surface area contributed by atoms with E-state index < -0.39 is 5.60 Å². The van der Waals surface area contributed by atoms with E-state index in [1.54, 1.807) is 6.26 Å². The van der Waals surface area contributed by atoms with Gasteiger partial charge in [-0.05, 0) is 39.3 Å². The number of alkyl carbamates (subject to hydrolysis) is 1. The van der Waals surface area contributed by atoms with Crippen LogP contribution in [-0.4, -0.2) is 35.7 Å². The Hall–Kier alpha value is -1.49. The van der Waals surface area contributed by atoms with Gasteiger partial charge in [0.1, 0.15) is 11.4 Å². The van der Waals surface area contributed by atoms with Gasteiger partial charge in [-0.1, -0.05) is 0 Å². The Balaban J connectivity index is 1.74. The zero-order valence-corrected chi connectivity index (χ0v) is 11.8. The van der Waals surface area contributed by atoms with Crippen molar-refractivity contribution >= 4 is 6.09 Å². The lowest BCUT2D eigenvalue weighted by atomic mass is 10.2. The first-order valence-corrected chi connectivity index (χ1v) is 6.66. The van der Waals surface area contributed by atoms with Gasteiger partial charge in [0, 0.05) is 19.1 Å². The van der Waals surface area contributed by atoms with Crippen molar-refractivity contribution in [2.75, 3.05) is 13.1 Å². The van der Waals surface area contributed by atoms with Gasteiger partial charge in [0.25, 0.3) is 0 Å². The van der Waals surface area contributed by atoms with Crippen LogP contribution < -0.4 is 5.32 Å². The van der Waals surface area contributed by atoms with Crippen LogP contribution in [0, 0.1) is 0 Å². The standard InChI is InChI=1S/C14H22N2O3/c1-14(2,3)19-13(17)15-11-6-7-16(9-11)10-12-5-4-8-18-12/h4-5,8,11H,6-7,9-10H2,1-3H3,(H,15,17)/t11-/m1/s1. The highest BCUT2D eigenvalue weighted by Gasteiger charge is 2.26. The Bertz CT molecular complexity index is 409. The lowest BCUT2D eigenvalue weighted by Gasteiger charge is -2.22. The third-order valence-corrected chi connectivity index (χ3v) is 2.95. The van der Waals surface area contributed by atoms with Gasteiger partial charge in [-0.3, -0.25) is 4.90 Å². The number of hydrogen-bond acceptors (Lipinski definition) is 4. The molecule has 106 valence electrons. The molecule has 0 aliphatic carbocycles. The summed E-state index contributed by atoms with van der Waals surface area (Å²) in [5.74, 6) is 0.956.